The predicted octanol–water partition coefficient (Wildman–Crippen LogP) is 3.73. The summed E-state index contributed by atoms with van der Waals surface area (Å²) in [6, 6.07) is 7.45. The molecule has 0 radical (unpaired) electrons. The second kappa shape index (κ2) is 5.32. The maximum Gasteiger partial charge on any atom is 0.120 e. The van der Waals surface area contributed by atoms with E-state index in [1.54, 1.807) is 11.3 Å². The summed E-state index contributed by atoms with van der Waals surface area (Å²) < 4.78 is 5.61. The molecule has 0 aliphatic carbocycles. The Morgan fingerprint density at radius 2 is 2.31 bits per heavy atom. The first-order valence-corrected chi connectivity index (χ1v) is 6.29. The van der Waals surface area contributed by atoms with Gasteiger partial charge in [-0.1, -0.05) is 17.7 Å². The molecule has 0 saturated heterocycles. The van der Waals surface area contributed by atoms with Crippen molar-refractivity contribution < 1.29 is 4.74 Å². The molecule has 2 aromatic rings. The van der Waals surface area contributed by atoms with Crippen LogP contribution in [0.15, 0.2) is 29.8 Å². The third-order valence-corrected chi connectivity index (χ3v) is 3.47. The Kier molecular flexibility index (Phi) is 3.80. The van der Waals surface area contributed by atoms with Crippen molar-refractivity contribution >= 4 is 22.9 Å². The van der Waals surface area contributed by atoms with E-state index in [0.29, 0.717) is 11.6 Å². The van der Waals surface area contributed by atoms with E-state index < -0.39 is 0 Å². The zero-order valence-corrected chi connectivity index (χ0v) is 10.5. The zero-order chi connectivity index (χ0) is 11.4. The Bertz CT molecular complexity index is 470. The van der Waals surface area contributed by atoms with Crippen LogP contribution >= 0.6 is 22.9 Å². The minimum Gasteiger partial charge on any atom is -0.493 e. The molecule has 0 fully saturated rings. The first-order chi connectivity index (χ1) is 7.75. The maximum absolute atomic E-state index is 5.86. The van der Waals surface area contributed by atoms with E-state index in [1.807, 2.05) is 36.7 Å². The van der Waals surface area contributed by atoms with E-state index >= 15 is 0 Å². The first-order valence-electron chi connectivity index (χ1n) is 5.03. The summed E-state index contributed by atoms with van der Waals surface area (Å²) in [7, 11) is 0. The molecular weight excluding hydrogens is 242 g/mol. The third kappa shape index (κ3) is 2.97. The highest BCUT2D eigenvalue weighted by atomic mass is 35.5. The molecule has 0 amide bonds. The Balaban J connectivity index is 1.87. The van der Waals surface area contributed by atoms with Gasteiger partial charge in [-0.05, 0) is 25.1 Å². The molecule has 0 unspecified atom stereocenters. The second-order valence-corrected chi connectivity index (χ2v) is 4.79. The summed E-state index contributed by atoms with van der Waals surface area (Å²) in [5.74, 6) is 0.815. The molecule has 0 aliphatic heterocycles. The van der Waals surface area contributed by atoms with Gasteiger partial charge in [0.25, 0.3) is 0 Å². The van der Waals surface area contributed by atoms with Gasteiger partial charge >= 0.3 is 0 Å². The fourth-order valence-electron chi connectivity index (χ4n) is 1.38. The lowest BCUT2D eigenvalue weighted by atomic mass is 10.3. The van der Waals surface area contributed by atoms with E-state index in [-0.39, 0.29) is 0 Å². The van der Waals surface area contributed by atoms with Gasteiger partial charge in [-0.3, -0.25) is 0 Å². The molecule has 0 bridgehead atoms. The quantitative estimate of drug-likeness (QED) is 0.828. The van der Waals surface area contributed by atoms with Crippen molar-refractivity contribution in [1.82, 2.24) is 4.98 Å². The maximum atomic E-state index is 5.86. The summed E-state index contributed by atoms with van der Waals surface area (Å²) in [5.41, 5.74) is 2.96. The highest BCUT2D eigenvalue weighted by molar-refractivity contribution is 7.09. The number of aryl methyl sites for hydroxylation is 1. The lowest BCUT2D eigenvalue weighted by Gasteiger charge is -2.05. The predicted molar refractivity (Wildman–Crippen MR) is 67.5 cm³/mol. The van der Waals surface area contributed by atoms with Gasteiger partial charge in [0.1, 0.15) is 5.75 Å². The third-order valence-electron chi connectivity index (χ3n) is 2.24. The molecule has 0 atom stereocenters. The van der Waals surface area contributed by atoms with Crippen LogP contribution in [0.4, 0.5) is 0 Å². The number of thiazole rings is 1. The van der Waals surface area contributed by atoms with Crippen molar-refractivity contribution in [3.05, 3.63) is 45.4 Å². The molecule has 0 saturated carbocycles. The smallest absolute Gasteiger partial charge is 0.120 e. The van der Waals surface area contributed by atoms with E-state index in [4.69, 9.17) is 16.3 Å². The van der Waals surface area contributed by atoms with Crippen LogP contribution in [0, 0.1) is 6.92 Å². The molecule has 0 spiro atoms. The topological polar surface area (TPSA) is 22.1 Å². The highest BCUT2D eigenvalue weighted by Crippen LogP contribution is 2.18. The minimum absolute atomic E-state index is 0.656. The molecular formula is C12H12ClNOS. The SMILES string of the molecule is Cc1ncsc1CCOc1cccc(Cl)c1. The average molecular weight is 254 g/mol. The van der Waals surface area contributed by atoms with Gasteiger partial charge in [-0.15, -0.1) is 11.3 Å². The van der Waals surface area contributed by atoms with E-state index in [0.717, 1.165) is 17.9 Å². The van der Waals surface area contributed by atoms with Crippen LogP contribution < -0.4 is 4.74 Å². The molecule has 0 aliphatic rings. The minimum atomic E-state index is 0.656. The first kappa shape index (κ1) is 11.4. The number of aromatic nitrogens is 1. The molecule has 1 heterocycles. The van der Waals surface area contributed by atoms with Crippen molar-refractivity contribution in [3.63, 3.8) is 0 Å². The normalized spacial score (nSPS) is 10.4. The summed E-state index contributed by atoms with van der Waals surface area (Å²) in [6.45, 7) is 2.68. The van der Waals surface area contributed by atoms with Crippen LogP contribution in [-0.4, -0.2) is 11.6 Å². The monoisotopic (exact) mass is 253 g/mol. The fraction of sp³-hybridized carbons (Fsp3) is 0.250. The summed E-state index contributed by atoms with van der Waals surface area (Å²) >= 11 is 7.53. The van der Waals surface area contributed by atoms with E-state index in [2.05, 4.69) is 4.98 Å². The van der Waals surface area contributed by atoms with Crippen LogP contribution in [0.25, 0.3) is 0 Å². The van der Waals surface area contributed by atoms with Gasteiger partial charge in [0, 0.05) is 16.3 Å². The van der Waals surface area contributed by atoms with E-state index in [1.165, 1.54) is 4.88 Å². The molecule has 1 aromatic carbocycles. The van der Waals surface area contributed by atoms with Crippen LogP contribution in [0.3, 0.4) is 0 Å². The average Bonchev–Trinajstić information content (AvgIpc) is 2.65. The Morgan fingerprint density at radius 1 is 1.44 bits per heavy atom. The van der Waals surface area contributed by atoms with Gasteiger partial charge in [0.2, 0.25) is 0 Å². The molecule has 84 valence electrons. The zero-order valence-electron chi connectivity index (χ0n) is 8.94. The van der Waals surface area contributed by atoms with Crippen LogP contribution in [0.1, 0.15) is 10.6 Å². The van der Waals surface area contributed by atoms with Crippen LogP contribution in [0.2, 0.25) is 5.02 Å². The molecule has 0 N–H and O–H groups in total. The number of hydrogen-bond acceptors (Lipinski definition) is 3. The number of ether oxygens (including phenoxy) is 1. The number of halogens is 1. The Morgan fingerprint density at radius 3 is 3.00 bits per heavy atom. The van der Waals surface area contributed by atoms with Crippen LogP contribution in [-0.2, 0) is 6.42 Å². The molecule has 1 aromatic heterocycles. The molecule has 16 heavy (non-hydrogen) atoms. The number of nitrogens with zero attached hydrogens (tertiary/aromatic N) is 1. The van der Waals surface area contributed by atoms with Gasteiger partial charge in [0.05, 0.1) is 17.8 Å². The van der Waals surface area contributed by atoms with Crippen molar-refractivity contribution in [2.75, 3.05) is 6.61 Å². The highest BCUT2D eigenvalue weighted by Gasteiger charge is 2.01. The summed E-state index contributed by atoms with van der Waals surface area (Å²) in [4.78, 5) is 5.48. The van der Waals surface area contributed by atoms with Gasteiger partial charge in [-0.25, -0.2) is 4.98 Å². The largest absolute Gasteiger partial charge is 0.493 e. The van der Waals surface area contributed by atoms with Crippen molar-refractivity contribution in [2.24, 2.45) is 0 Å². The summed E-state index contributed by atoms with van der Waals surface area (Å²) in [5, 5.41) is 0.700. The molecule has 2 nitrogen and oxygen atoms in total. The van der Waals surface area contributed by atoms with Crippen LogP contribution in [0.5, 0.6) is 5.75 Å². The van der Waals surface area contributed by atoms with Crippen molar-refractivity contribution in [1.29, 1.82) is 0 Å². The van der Waals surface area contributed by atoms with Crippen molar-refractivity contribution in [2.45, 2.75) is 13.3 Å². The standard InChI is InChI=1S/C12H12ClNOS/c1-9-12(16-8-14-9)5-6-15-11-4-2-3-10(13)7-11/h2-4,7-8H,5-6H2,1H3. The van der Waals surface area contributed by atoms with Gasteiger partial charge < -0.3 is 4.74 Å². The lowest BCUT2D eigenvalue weighted by molar-refractivity contribution is 0.322. The number of rotatable bonds is 4. The fourth-order valence-corrected chi connectivity index (χ4v) is 2.33. The van der Waals surface area contributed by atoms with Gasteiger partial charge in [-0.2, -0.15) is 0 Å². The van der Waals surface area contributed by atoms with Gasteiger partial charge in [0.15, 0.2) is 0 Å². The summed E-state index contributed by atoms with van der Waals surface area (Å²) in [6.07, 6.45) is 0.892. The second-order valence-electron chi connectivity index (χ2n) is 3.42. The van der Waals surface area contributed by atoms with E-state index in [9.17, 15) is 0 Å². The lowest BCUT2D eigenvalue weighted by Crippen LogP contribution is -2.00. The Labute approximate surface area is 104 Å². The molecule has 2 rings (SSSR count). The number of hydrogen-bond donors (Lipinski definition) is 0. The Hall–Kier alpha value is -1.06. The number of benzene rings is 1. The molecule has 4 heteroatoms. The van der Waals surface area contributed by atoms with Crippen molar-refractivity contribution in [3.8, 4) is 5.75 Å².